The van der Waals surface area contributed by atoms with Crippen LogP contribution in [0.3, 0.4) is 0 Å². The van der Waals surface area contributed by atoms with E-state index in [2.05, 4.69) is 55.7 Å². The summed E-state index contributed by atoms with van der Waals surface area (Å²) in [6, 6.07) is 7.30. The molecule has 1 aromatic carbocycles. The highest BCUT2D eigenvalue weighted by Gasteiger charge is 2.19. The highest BCUT2D eigenvalue weighted by atomic mass is 15.3. The monoisotopic (exact) mass is 246 g/mol. The second-order valence-corrected chi connectivity index (χ2v) is 5.78. The number of benzene rings is 1. The third-order valence-corrected chi connectivity index (χ3v) is 4.16. The van der Waals surface area contributed by atoms with Crippen LogP contribution in [0.25, 0.3) is 0 Å². The molecule has 0 bridgehead atoms. The number of rotatable bonds is 3. The van der Waals surface area contributed by atoms with Crippen LogP contribution in [0, 0.1) is 13.8 Å². The Balaban J connectivity index is 1.96. The Morgan fingerprint density at radius 1 is 1.00 bits per heavy atom. The van der Waals surface area contributed by atoms with Gasteiger partial charge in [0.05, 0.1) is 0 Å². The van der Waals surface area contributed by atoms with Gasteiger partial charge in [-0.3, -0.25) is 9.80 Å². The molecule has 1 aromatic rings. The van der Waals surface area contributed by atoms with Crippen molar-refractivity contribution in [1.82, 2.24) is 9.80 Å². The minimum atomic E-state index is 0.687. The van der Waals surface area contributed by atoms with E-state index in [1.165, 1.54) is 42.9 Å². The lowest BCUT2D eigenvalue weighted by atomic mass is 10.0. The molecule has 0 radical (unpaired) electrons. The third-order valence-electron chi connectivity index (χ3n) is 4.16. The Kier molecular flexibility index (Phi) is 4.41. The van der Waals surface area contributed by atoms with Crippen LogP contribution >= 0.6 is 0 Å². The van der Waals surface area contributed by atoms with Crippen molar-refractivity contribution in [2.75, 3.05) is 26.2 Å². The van der Waals surface area contributed by atoms with Crippen LogP contribution in [-0.4, -0.2) is 42.0 Å². The summed E-state index contributed by atoms with van der Waals surface area (Å²) in [4.78, 5) is 5.16. The smallest absolute Gasteiger partial charge is 0.0240 e. The maximum Gasteiger partial charge on any atom is 0.0240 e. The van der Waals surface area contributed by atoms with Gasteiger partial charge in [0, 0.05) is 38.8 Å². The number of piperazine rings is 1. The standard InChI is InChI=1S/C16H26N2/c1-13(2)18-10-8-17(9-11-18)12-16-14(3)6-5-7-15(16)4/h5-7,13H,8-12H2,1-4H3. The molecule has 100 valence electrons. The van der Waals surface area contributed by atoms with Gasteiger partial charge in [0.2, 0.25) is 0 Å². The molecule has 2 rings (SSSR count). The average Bonchev–Trinajstić information content (AvgIpc) is 2.34. The summed E-state index contributed by atoms with van der Waals surface area (Å²) in [5.74, 6) is 0. The van der Waals surface area contributed by atoms with Gasteiger partial charge in [-0.2, -0.15) is 0 Å². The first-order valence-corrected chi connectivity index (χ1v) is 7.09. The Hall–Kier alpha value is -0.860. The van der Waals surface area contributed by atoms with Crippen LogP contribution in [-0.2, 0) is 6.54 Å². The molecular formula is C16H26N2. The molecule has 0 unspecified atom stereocenters. The molecule has 0 N–H and O–H groups in total. The Bertz CT molecular complexity index is 370. The van der Waals surface area contributed by atoms with Crippen molar-refractivity contribution >= 4 is 0 Å². The lowest BCUT2D eigenvalue weighted by molar-refractivity contribution is 0.104. The van der Waals surface area contributed by atoms with E-state index in [4.69, 9.17) is 0 Å². The summed E-state index contributed by atoms with van der Waals surface area (Å²) in [5.41, 5.74) is 4.39. The molecule has 18 heavy (non-hydrogen) atoms. The number of nitrogens with zero attached hydrogens (tertiary/aromatic N) is 2. The highest BCUT2D eigenvalue weighted by Crippen LogP contribution is 2.17. The van der Waals surface area contributed by atoms with Gasteiger partial charge in [0.15, 0.2) is 0 Å². The molecule has 1 heterocycles. The van der Waals surface area contributed by atoms with Crippen molar-refractivity contribution in [2.24, 2.45) is 0 Å². The largest absolute Gasteiger partial charge is 0.298 e. The summed E-state index contributed by atoms with van der Waals surface area (Å²) in [5, 5.41) is 0. The minimum Gasteiger partial charge on any atom is -0.298 e. The zero-order valence-electron chi connectivity index (χ0n) is 12.2. The summed E-state index contributed by atoms with van der Waals surface area (Å²) in [6.45, 7) is 15.0. The van der Waals surface area contributed by atoms with Crippen LogP contribution in [0.15, 0.2) is 18.2 Å². The topological polar surface area (TPSA) is 6.48 Å². The van der Waals surface area contributed by atoms with Crippen LogP contribution in [0.5, 0.6) is 0 Å². The lowest BCUT2D eigenvalue weighted by Crippen LogP contribution is -2.48. The van der Waals surface area contributed by atoms with Gasteiger partial charge in [-0.15, -0.1) is 0 Å². The summed E-state index contributed by atoms with van der Waals surface area (Å²) in [7, 11) is 0. The van der Waals surface area contributed by atoms with Gasteiger partial charge in [-0.1, -0.05) is 18.2 Å². The fraction of sp³-hybridized carbons (Fsp3) is 0.625. The number of hydrogen-bond donors (Lipinski definition) is 0. The Labute approximate surface area is 112 Å². The van der Waals surface area contributed by atoms with Crippen molar-refractivity contribution in [3.63, 3.8) is 0 Å². The molecule has 0 aliphatic carbocycles. The molecular weight excluding hydrogens is 220 g/mol. The van der Waals surface area contributed by atoms with E-state index in [0.29, 0.717) is 6.04 Å². The third kappa shape index (κ3) is 3.12. The predicted octanol–water partition coefficient (Wildman–Crippen LogP) is 2.83. The fourth-order valence-corrected chi connectivity index (χ4v) is 2.76. The maximum atomic E-state index is 2.59. The summed E-state index contributed by atoms with van der Waals surface area (Å²) in [6.07, 6.45) is 0. The van der Waals surface area contributed by atoms with Gasteiger partial charge in [-0.25, -0.2) is 0 Å². The molecule has 0 atom stereocenters. The molecule has 1 aliphatic rings. The molecule has 1 fully saturated rings. The normalized spacial score (nSPS) is 18.5. The molecule has 1 aliphatic heterocycles. The Morgan fingerprint density at radius 3 is 2.06 bits per heavy atom. The Morgan fingerprint density at radius 2 is 1.56 bits per heavy atom. The van der Waals surface area contributed by atoms with Crippen molar-refractivity contribution in [2.45, 2.75) is 40.3 Å². The van der Waals surface area contributed by atoms with E-state index in [1.54, 1.807) is 0 Å². The molecule has 2 nitrogen and oxygen atoms in total. The molecule has 2 heteroatoms. The zero-order valence-corrected chi connectivity index (χ0v) is 12.2. The van der Waals surface area contributed by atoms with Gasteiger partial charge >= 0.3 is 0 Å². The summed E-state index contributed by atoms with van der Waals surface area (Å²) < 4.78 is 0. The van der Waals surface area contributed by atoms with Crippen molar-refractivity contribution in [3.05, 3.63) is 34.9 Å². The molecule has 1 saturated heterocycles. The van der Waals surface area contributed by atoms with E-state index < -0.39 is 0 Å². The van der Waals surface area contributed by atoms with E-state index in [-0.39, 0.29) is 0 Å². The fourth-order valence-electron chi connectivity index (χ4n) is 2.76. The van der Waals surface area contributed by atoms with Crippen LogP contribution in [0.4, 0.5) is 0 Å². The number of aryl methyl sites for hydroxylation is 2. The molecule has 0 amide bonds. The SMILES string of the molecule is Cc1cccc(C)c1CN1CCN(C(C)C)CC1. The van der Waals surface area contributed by atoms with Gasteiger partial charge in [0.1, 0.15) is 0 Å². The summed E-state index contributed by atoms with van der Waals surface area (Å²) >= 11 is 0. The van der Waals surface area contributed by atoms with E-state index >= 15 is 0 Å². The van der Waals surface area contributed by atoms with E-state index in [9.17, 15) is 0 Å². The number of hydrogen-bond acceptors (Lipinski definition) is 2. The first-order chi connectivity index (χ1) is 8.58. The van der Waals surface area contributed by atoms with Crippen LogP contribution < -0.4 is 0 Å². The first kappa shape index (κ1) is 13.6. The van der Waals surface area contributed by atoms with Crippen molar-refractivity contribution < 1.29 is 0 Å². The zero-order chi connectivity index (χ0) is 13.1. The quantitative estimate of drug-likeness (QED) is 0.809. The van der Waals surface area contributed by atoms with Crippen molar-refractivity contribution in [3.8, 4) is 0 Å². The molecule has 0 spiro atoms. The predicted molar refractivity (Wildman–Crippen MR) is 77.9 cm³/mol. The highest BCUT2D eigenvalue weighted by molar-refractivity contribution is 5.33. The molecule has 0 aromatic heterocycles. The van der Waals surface area contributed by atoms with E-state index in [0.717, 1.165) is 6.54 Å². The van der Waals surface area contributed by atoms with Gasteiger partial charge in [0.25, 0.3) is 0 Å². The van der Waals surface area contributed by atoms with Crippen molar-refractivity contribution in [1.29, 1.82) is 0 Å². The van der Waals surface area contributed by atoms with Gasteiger partial charge < -0.3 is 0 Å². The molecule has 0 saturated carbocycles. The minimum absolute atomic E-state index is 0.687. The second-order valence-electron chi connectivity index (χ2n) is 5.78. The van der Waals surface area contributed by atoms with Gasteiger partial charge in [-0.05, 0) is 44.4 Å². The first-order valence-electron chi connectivity index (χ1n) is 7.09. The van der Waals surface area contributed by atoms with Crippen LogP contribution in [0.2, 0.25) is 0 Å². The average molecular weight is 246 g/mol. The second kappa shape index (κ2) is 5.85. The maximum absolute atomic E-state index is 2.59. The lowest BCUT2D eigenvalue weighted by Gasteiger charge is -2.37. The van der Waals surface area contributed by atoms with E-state index in [1.807, 2.05) is 0 Å². The van der Waals surface area contributed by atoms with Crippen LogP contribution in [0.1, 0.15) is 30.5 Å².